The van der Waals surface area contributed by atoms with Gasteiger partial charge in [-0.15, -0.1) is 13.2 Å². The van der Waals surface area contributed by atoms with E-state index in [1.54, 1.807) is 17.0 Å². The van der Waals surface area contributed by atoms with Crippen LogP contribution in [0.4, 0.5) is 13.2 Å². The second-order valence-corrected chi connectivity index (χ2v) is 5.68. The van der Waals surface area contributed by atoms with Gasteiger partial charge in [0.15, 0.2) is 0 Å². The fraction of sp³-hybridized carbons (Fsp3) is 0.562. The maximum absolute atomic E-state index is 12.2. The van der Waals surface area contributed by atoms with Crippen molar-refractivity contribution in [1.29, 1.82) is 0 Å². The van der Waals surface area contributed by atoms with E-state index in [1.807, 2.05) is 7.05 Å². The predicted molar refractivity (Wildman–Crippen MR) is 80.1 cm³/mol. The van der Waals surface area contributed by atoms with Crippen molar-refractivity contribution in [1.82, 2.24) is 10.2 Å². The molecule has 1 aliphatic heterocycles. The number of carbonyl (C=O) groups excluding carboxylic acids is 1. The van der Waals surface area contributed by atoms with Crippen LogP contribution in [0.25, 0.3) is 0 Å². The number of alkyl halides is 3. The molecule has 0 radical (unpaired) electrons. The third-order valence-corrected chi connectivity index (χ3v) is 4.03. The molecule has 0 unspecified atom stereocenters. The predicted octanol–water partition coefficient (Wildman–Crippen LogP) is 2.73. The van der Waals surface area contributed by atoms with E-state index in [9.17, 15) is 18.0 Å². The van der Waals surface area contributed by atoms with Gasteiger partial charge >= 0.3 is 6.36 Å². The van der Waals surface area contributed by atoms with Gasteiger partial charge in [0.25, 0.3) is 0 Å². The van der Waals surface area contributed by atoms with Crippen molar-refractivity contribution in [3.05, 3.63) is 29.8 Å². The summed E-state index contributed by atoms with van der Waals surface area (Å²) in [4.78, 5) is 14.0. The highest BCUT2D eigenvalue weighted by molar-refractivity contribution is 5.76. The molecule has 1 heterocycles. The van der Waals surface area contributed by atoms with Crippen LogP contribution in [0.15, 0.2) is 24.3 Å². The SMILES string of the molecule is CN(C(=O)CCc1ccc(OC(F)(F)F)cc1)C1CCNCC1. The van der Waals surface area contributed by atoms with Crippen LogP contribution in [0.5, 0.6) is 5.75 Å². The van der Waals surface area contributed by atoms with Gasteiger partial charge in [-0.05, 0) is 50.0 Å². The van der Waals surface area contributed by atoms with Crippen molar-refractivity contribution in [3.63, 3.8) is 0 Å². The second kappa shape index (κ2) is 7.68. The number of hydrogen-bond donors (Lipinski definition) is 1. The Morgan fingerprint density at radius 3 is 2.43 bits per heavy atom. The van der Waals surface area contributed by atoms with Gasteiger partial charge in [0, 0.05) is 19.5 Å². The minimum Gasteiger partial charge on any atom is -0.406 e. The molecule has 1 aromatic carbocycles. The van der Waals surface area contributed by atoms with Gasteiger partial charge in [0.1, 0.15) is 5.75 Å². The molecule has 0 spiro atoms. The van der Waals surface area contributed by atoms with Crippen molar-refractivity contribution in [2.45, 2.75) is 38.1 Å². The van der Waals surface area contributed by atoms with Crippen LogP contribution in [0.2, 0.25) is 0 Å². The van der Waals surface area contributed by atoms with E-state index in [-0.39, 0.29) is 17.7 Å². The summed E-state index contributed by atoms with van der Waals surface area (Å²) in [5.74, 6) is -0.188. The number of hydrogen-bond acceptors (Lipinski definition) is 3. The third-order valence-electron chi connectivity index (χ3n) is 4.03. The number of amides is 1. The van der Waals surface area contributed by atoms with Crippen molar-refractivity contribution in [2.75, 3.05) is 20.1 Å². The Labute approximate surface area is 133 Å². The molecular formula is C16H21F3N2O2. The lowest BCUT2D eigenvalue weighted by Gasteiger charge is -2.31. The summed E-state index contributed by atoms with van der Waals surface area (Å²) >= 11 is 0. The molecular weight excluding hydrogens is 309 g/mol. The monoisotopic (exact) mass is 330 g/mol. The summed E-state index contributed by atoms with van der Waals surface area (Å²) in [6.07, 6.45) is -1.94. The van der Waals surface area contributed by atoms with Gasteiger partial charge in [-0.25, -0.2) is 0 Å². The molecule has 0 atom stereocenters. The van der Waals surface area contributed by atoms with Crippen molar-refractivity contribution in [2.24, 2.45) is 0 Å². The Balaban J connectivity index is 1.81. The molecule has 128 valence electrons. The molecule has 7 heteroatoms. The first-order valence-corrected chi connectivity index (χ1v) is 7.66. The fourth-order valence-corrected chi connectivity index (χ4v) is 2.68. The van der Waals surface area contributed by atoms with Crippen LogP contribution < -0.4 is 10.1 Å². The summed E-state index contributed by atoms with van der Waals surface area (Å²) in [7, 11) is 1.82. The van der Waals surface area contributed by atoms with Crippen LogP contribution in [-0.2, 0) is 11.2 Å². The number of carbonyl (C=O) groups is 1. The van der Waals surface area contributed by atoms with Gasteiger partial charge < -0.3 is 15.0 Å². The Hall–Kier alpha value is -1.76. The lowest BCUT2D eigenvalue weighted by Crippen LogP contribution is -2.44. The van der Waals surface area contributed by atoms with Crippen LogP contribution in [0.1, 0.15) is 24.8 Å². The molecule has 0 bridgehead atoms. The van der Waals surface area contributed by atoms with Crippen LogP contribution in [0, 0.1) is 0 Å². The zero-order chi connectivity index (χ0) is 16.9. The number of halogens is 3. The number of nitrogens with zero attached hydrogens (tertiary/aromatic N) is 1. The maximum atomic E-state index is 12.2. The fourth-order valence-electron chi connectivity index (χ4n) is 2.68. The quantitative estimate of drug-likeness (QED) is 0.903. The highest BCUT2D eigenvalue weighted by Crippen LogP contribution is 2.23. The van der Waals surface area contributed by atoms with E-state index in [0.29, 0.717) is 12.8 Å². The Morgan fingerprint density at radius 2 is 1.87 bits per heavy atom. The number of ether oxygens (including phenoxy) is 1. The summed E-state index contributed by atoms with van der Waals surface area (Å²) in [5, 5.41) is 3.26. The van der Waals surface area contributed by atoms with Gasteiger partial charge in [-0.3, -0.25) is 4.79 Å². The summed E-state index contributed by atoms with van der Waals surface area (Å²) in [6.45, 7) is 1.84. The van der Waals surface area contributed by atoms with E-state index < -0.39 is 6.36 Å². The normalized spacial score (nSPS) is 16.2. The number of aryl methyl sites for hydroxylation is 1. The third kappa shape index (κ3) is 5.74. The highest BCUT2D eigenvalue weighted by atomic mass is 19.4. The average Bonchev–Trinajstić information content (AvgIpc) is 2.52. The second-order valence-electron chi connectivity index (χ2n) is 5.68. The van der Waals surface area contributed by atoms with E-state index in [0.717, 1.165) is 31.5 Å². The van der Waals surface area contributed by atoms with Crippen molar-refractivity contribution >= 4 is 5.91 Å². The molecule has 2 rings (SSSR count). The van der Waals surface area contributed by atoms with Crippen molar-refractivity contribution in [3.8, 4) is 5.75 Å². The van der Waals surface area contributed by atoms with Gasteiger partial charge in [0.05, 0.1) is 0 Å². The van der Waals surface area contributed by atoms with E-state index in [2.05, 4.69) is 10.1 Å². The standard InChI is InChI=1S/C16H21F3N2O2/c1-21(13-8-10-20-11-9-13)15(22)7-4-12-2-5-14(6-3-12)23-16(17,18)19/h2-3,5-6,13,20H,4,7-11H2,1H3. The molecule has 1 saturated heterocycles. The lowest BCUT2D eigenvalue weighted by atomic mass is 10.0. The highest BCUT2D eigenvalue weighted by Gasteiger charge is 2.31. The average molecular weight is 330 g/mol. The molecule has 23 heavy (non-hydrogen) atoms. The van der Waals surface area contributed by atoms with E-state index in [4.69, 9.17) is 0 Å². The zero-order valence-electron chi connectivity index (χ0n) is 13.0. The number of rotatable bonds is 5. The molecule has 1 aromatic rings. The molecule has 1 fully saturated rings. The smallest absolute Gasteiger partial charge is 0.406 e. The van der Waals surface area contributed by atoms with Crippen LogP contribution >= 0.6 is 0 Å². The Kier molecular flexibility index (Phi) is 5.87. The maximum Gasteiger partial charge on any atom is 0.573 e. The summed E-state index contributed by atoms with van der Waals surface area (Å²) in [6, 6.07) is 5.91. The minimum absolute atomic E-state index is 0.0625. The first-order chi connectivity index (χ1) is 10.8. The Bertz CT molecular complexity index is 511. The van der Waals surface area contributed by atoms with Gasteiger partial charge in [0.2, 0.25) is 5.91 Å². The minimum atomic E-state index is -4.69. The summed E-state index contributed by atoms with van der Waals surface area (Å²) < 4.78 is 40.1. The Morgan fingerprint density at radius 1 is 1.26 bits per heavy atom. The van der Waals surface area contributed by atoms with Crippen LogP contribution in [0.3, 0.4) is 0 Å². The molecule has 1 N–H and O–H groups in total. The topological polar surface area (TPSA) is 41.6 Å². The molecule has 0 aromatic heterocycles. The van der Waals surface area contributed by atoms with E-state index in [1.165, 1.54) is 12.1 Å². The first-order valence-electron chi connectivity index (χ1n) is 7.66. The number of benzene rings is 1. The molecule has 1 aliphatic rings. The summed E-state index contributed by atoms with van der Waals surface area (Å²) in [5.41, 5.74) is 0.812. The molecule has 4 nitrogen and oxygen atoms in total. The number of nitrogens with one attached hydrogen (secondary N) is 1. The number of piperidine rings is 1. The van der Waals surface area contributed by atoms with Gasteiger partial charge in [-0.2, -0.15) is 0 Å². The van der Waals surface area contributed by atoms with Crippen LogP contribution in [-0.4, -0.2) is 43.3 Å². The van der Waals surface area contributed by atoms with Crippen molar-refractivity contribution < 1.29 is 22.7 Å². The molecule has 0 saturated carbocycles. The zero-order valence-corrected chi connectivity index (χ0v) is 13.0. The molecule has 1 amide bonds. The van der Waals surface area contributed by atoms with E-state index >= 15 is 0 Å². The van der Waals surface area contributed by atoms with Gasteiger partial charge in [-0.1, -0.05) is 12.1 Å². The molecule has 0 aliphatic carbocycles. The lowest BCUT2D eigenvalue weighted by molar-refractivity contribution is -0.274. The first kappa shape index (κ1) is 17.6. The largest absolute Gasteiger partial charge is 0.573 e.